The van der Waals surface area contributed by atoms with Crippen molar-refractivity contribution in [2.75, 3.05) is 13.7 Å². The highest BCUT2D eigenvalue weighted by Crippen LogP contribution is 2.45. The number of pyridine rings is 1. The first-order chi connectivity index (χ1) is 18.3. The number of aryl methyl sites for hydroxylation is 1. The molecule has 1 fully saturated rings. The largest absolute Gasteiger partial charge is 0.481 e. The minimum absolute atomic E-state index is 0.0604. The van der Waals surface area contributed by atoms with E-state index in [9.17, 15) is 14.0 Å². The van der Waals surface area contributed by atoms with Gasteiger partial charge in [-0.25, -0.2) is 19.1 Å². The van der Waals surface area contributed by atoms with E-state index in [0.717, 1.165) is 5.56 Å². The van der Waals surface area contributed by atoms with Crippen LogP contribution in [0.5, 0.6) is 5.88 Å². The quantitative estimate of drug-likeness (QED) is 0.338. The van der Waals surface area contributed by atoms with Crippen molar-refractivity contribution in [3.05, 3.63) is 41.8 Å². The summed E-state index contributed by atoms with van der Waals surface area (Å²) in [6.07, 6.45) is 2.01. The molecule has 0 aliphatic carbocycles. The van der Waals surface area contributed by atoms with Crippen molar-refractivity contribution in [3.63, 3.8) is 0 Å². The van der Waals surface area contributed by atoms with Crippen LogP contribution in [0.4, 0.5) is 9.18 Å². The van der Waals surface area contributed by atoms with E-state index in [-0.39, 0.29) is 23.6 Å². The summed E-state index contributed by atoms with van der Waals surface area (Å²) < 4.78 is 27.8. The number of carbonyl (C=O) groups excluding carboxylic acids is 2. The van der Waals surface area contributed by atoms with E-state index in [2.05, 4.69) is 18.9 Å². The Morgan fingerprint density at radius 1 is 1.23 bits per heavy atom. The lowest BCUT2D eigenvalue weighted by Crippen LogP contribution is -2.41. The van der Waals surface area contributed by atoms with Crippen LogP contribution in [0, 0.1) is 17.2 Å². The molecule has 3 aromatic rings. The van der Waals surface area contributed by atoms with E-state index in [1.54, 1.807) is 32.6 Å². The van der Waals surface area contributed by atoms with Gasteiger partial charge in [0, 0.05) is 29.6 Å². The molecule has 2 amide bonds. The maximum Gasteiger partial charge on any atom is 0.417 e. The number of nitrogens with zero attached hydrogens (tertiary/aromatic N) is 4. The van der Waals surface area contributed by atoms with Gasteiger partial charge in [0.15, 0.2) is 0 Å². The zero-order valence-corrected chi connectivity index (χ0v) is 24.2. The number of aromatic nitrogens is 3. The predicted octanol–water partition coefficient (Wildman–Crippen LogP) is 6.57. The Balaban J connectivity index is 1.64. The summed E-state index contributed by atoms with van der Waals surface area (Å²) >= 11 is 0. The predicted molar refractivity (Wildman–Crippen MR) is 148 cm³/mol. The third-order valence-corrected chi connectivity index (χ3v) is 7.53. The molecule has 3 heterocycles. The number of fused-ring (bicyclic) bond motifs is 1. The summed E-state index contributed by atoms with van der Waals surface area (Å²) in [5, 5.41) is 4.74. The molecule has 0 N–H and O–H groups in total. The Hall–Kier alpha value is -3.49. The molecule has 0 bridgehead atoms. The maximum absolute atomic E-state index is 14.9. The molecule has 0 radical (unpaired) electrons. The topological polar surface area (TPSA) is 86.6 Å². The molecule has 210 valence electrons. The second kappa shape index (κ2) is 10.6. The molecular formula is C30H39FN4O4. The molecule has 1 aliphatic heterocycles. The molecule has 4 rings (SSSR count). The van der Waals surface area contributed by atoms with Crippen LogP contribution in [-0.2, 0) is 16.1 Å². The Kier molecular flexibility index (Phi) is 7.74. The van der Waals surface area contributed by atoms with Crippen LogP contribution in [0.3, 0.4) is 0 Å². The molecule has 39 heavy (non-hydrogen) atoms. The standard InChI is InChI=1S/C30H39FN4O4/c1-9-35-25-15-19(14-23(31)22(25)17-32-35)24-11-10-20(26(33-24)38-8)21(18(2)3)16-30(7)12-13-34(27(30)36)28(37)39-29(4,5)6/h10-11,14-15,17-18,21H,9,12-13,16H2,1-8H3. The number of ether oxygens (including phenoxy) is 2. The Morgan fingerprint density at radius 3 is 2.56 bits per heavy atom. The highest BCUT2D eigenvalue weighted by molar-refractivity contribution is 5.97. The fraction of sp³-hybridized carbons (Fsp3) is 0.533. The molecule has 1 aromatic carbocycles. The van der Waals surface area contributed by atoms with Crippen LogP contribution in [0.1, 0.15) is 72.8 Å². The number of benzene rings is 1. The number of amides is 2. The number of halogens is 1. The number of hydrogen-bond donors (Lipinski definition) is 0. The van der Waals surface area contributed by atoms with Crippen molar-refractivity contribution >= 4 is 22.9 Å². The van der Waals surface area contributed by atoms with E-state index >= 15 is 0 Å². The first kappa shape index (κ1) is 28.5. The molecule has 8 nitrogen and oxygen atoms in total. The van der Waals surface area contributed by atoms with Crippen LogP contribution in [0.2, 0.25) is 0 Å². The number of rotatable bonds is 7. The van der Waals surface area contributed by atoms with Crippen LogP contribution in [-0.4, -0.2) is 50.9 Å². The van der Waals surface area contributed by atoms with Crippen LogP contribution in [0.25, 0.3) is 22.2 Å². The van der Waals surface area contributed by atoms with E-state index < -0.39 is 17.1 Å². The van der Waals surface area contributed by atoms with E-state index in [4.69, 9.17) is 14.5 Å². The van der Waals surface area contributed by atoms with Gasteiger partial charge in [-0.2, -0.15) is 5.10 Å². The van der Waals surface area contributed by atoms with Crippen LogP contribution >= 0.6 is 0 Å². The Morgan fingerprint density at radius 2 is 1.95 bits per heavy atom. The normalized spacial score (nSPS) is 18.7. The van der Waals surface area contributed by atoms with E-state index in [0.29, 0.717) is 54.0 Å². The molecule has 2 unspecified atom stereocenters. The van der Waals surface area contributed by atoms with Gasteiger partial charge in [0.05, 0.1) is 29.9 Å². The summed E-state index contributed by atoms with van der Waals surface area (Å²) in [7, 11) is 1.57. The Bertz CT molecular complexity index is 1390. The summed E-state index contributed by atoms with van der Waals surface area (Å²) in [6, 6.07) is 7.18. The van der Waals surface area contributed by atoms with Gasteiger partial charge in [0.1, 0.15) is 11.4 Å². The minimum Gasteiger partial charge on any atom is -0.481 e. The first-order valence-corrected chi connectivity index (χ1v) is 13.5. The van der Waals surface area contributed by atoms with Gasteiger partial charge in [0.2, 0.25) is 11.8 Å². The molecule has 1 aliphatic rings. The fourth-order valence-electron chi connectivity index (χ4n) is 5.36. The van der Waals surface area contributed by atoms with Crippen LogP contribution < -0.4 is 4.74 Å². The molecule has 2 aromatic heterocycles. The summed E-state index contributed by atoms with van der Waals surface area (Å²) in [5.41, 5.74) is 1.39. The third kappa shape index (κ3) is 5.63. The lowest BCUT2D eigenvalue weighted by atomic mass is 9.73. The van der Waals surface area contributed by atoms with E-state index in [1.807, 2.05) is 32.0 Å². The van der Waals surface area contributed by atoms with Gasteiger partial charge >= 0.3 is 6.09 Å². The monoisotopic (exact) mass is 538 g/mol. The fourth-order valence-corrected chi connectivity index (χ4v) is 5.36. The molecule has 2 atom stereocenters. The average Bonchev–Trinajstić information content (AvgIpc) is 3.42. The second-order valence-electron chi connectivity index (χ2n) is 11.9. The number of hydrogen-bond acceptors (Lipinski definition) is 6. The summed E-state index contributed by atoms with van der Waals surface area (Å²) in [6.45, 7) is 14.4. The molecular weight excluding hydrogens is 499 g/mol. The number of methoxy groups -OCH3 is 1. The Labute approximate surface area is 229 Å². The van der Waals surface area contributed by atoms with E-state index in [1.165, 1.54) is 17.2 Å². The van der Waals surface area contributed by atoms with Gasteiger partial charge < -0.3 is 9.47 Å². The van der Waals surface area contributed by atoms with Crippen LogP contribution in [0.15, 0.2) is 30.5 Å². The zero-order valence-electron chi connectivity index (χ0n) is 24.2. The number of likely N-dealkylation sites (tertiary alicyclic amines) is 1. The summed E-state index contributed by atoms with van der Waals surface area (Å²) in [5.74, 6) is -0.0282. The molecule has 0 saturated carbocycles. The smallest absolute Gasteiger partial charge is 0.417 e. The van der Waals surface area contributed by atoms with Crippen molar-refractivity contribution in [1.29, 1.82) is 0 Å². The number of imide groups is 1. The molecule has 9 heteroatoms. The molecule has 0 spiro atoms. The van der Waals surface area contributed by atoms with Gasteiger partial charge in [0.25, 0.3) is 0 Å². The van der Waals surface area contributed by atoms with Crippen molar-refractivity contribution in [2.24, 2.45) is 11.3 Å². The summed E-state index contributed by atoms with van der Waals surface area (Å²) in [4.78, 5) is 32.1. The van der Waals surface area contributed by atoms with Gasteiger partial charge in [-0.05, 0) is 70.6 Å². The molecule has 1 saturated heterocycles. The first-order valence-electron chi connectivity index (χ1n) is 13.5. The lowest BCUT2D eigenvalue weighted by Gasteiger charge is -2.31. The number of carbonyl (C=O) groups is 2. The van der Waals surface area contributed by atoms with Gasteiger partial charge in [-0.15, -0.1) is 0 Å². The average molecular weight is 539 g/mol. The third-order valence-electron chi connectivity index (χ3n) is 7.53. The highest BCUT2D eigenvalue weighted by Gasteiger charge is 2.48. The van der Waals surface area contributed by atoms with Crippen molar-refractivity contribution in [3.8, 4) is 17.1 Å². The minimum atomic E-state index is -0.734. The van der Waals surface area contributed by atoms with Gasteiger partial charge in [-0.3, -0.25) is 9.48 Å². The van der Waals surface area contributed by atoms with Crippen molar-refractivity contribution < 1.29 is 23.5 Å². The second-order valence-corrected chi connectivity index (χ2v) is 11.9. The highest BCUT2D eigenvalue weighted by atomic mass is 19.1. The van der Waals surface area contributed by atoms with Crippen molar-refractivity contribution in [2.45, 2.75) is 79.4 Å². The van der Waals surface area contributed by atoms with Gasteiger partial charge in [-0.1, -0.05) is 26.8 Å². The van der Waals surface area contributed by atoms with Crippen molar-refractivity contribution in [1.82, 2.24) is 19.7 Å². The lowest BCUT2D eigenvalue weighted by molar-refractivity contribution is -0.135. The zero-order chi connectivity index (χ0) is 28.7. The SMILES string of the molecule is CCn1ncc2c(F)cc(-c3ccc(C(CC4(C)CCN(C(=O)OC(C)(C)C)C4=O)C(C)C)c(OC)n3)cc21. The maximum atomic E-state index is 14.9.